The first-order valence-electron chi connectivity index (χ1n) is 6.04. The zero-order chi connectivity index (χ0) is 11.9. The summed E-state index contributed by atoms with van der Waals surface area (Å²) in [5, 5.41) is 14.3. The molecule has 0 bridgehead atoms. The van der Waals surface area contributed by atoms with E-state index in [2.05, 4.69) is 20.3 Å². The zero-order valence-electron chi connectivity index (χ0n) is 9.65. The number of fused-ring (bicyclic) bond motifs is 1. The van der Waals surface area contributed by atoms with Crippen molar-refractivity contribution < 1.29 is 0 Å². The number of pyridine rings is 1. The predicted octanol–water partition coefficient (Wildman–Crippen LogP) is 2.52. The highest BCUT2D eigenvalue weighted by molar-refractivity contribution is 7.16. The summed E-state index contributed by atoms with van der Waals surface area (Å²) in [6.07, 6.45) is 7.36. The van der Waals surface area contributed by atoms with Crippen molar-refractivity contribution in [2.24, 2.45) is 0 Å². The molecule has 1 saturated carbocycles. The molecule has 6 heteroatoms. The molecule has 0 atom stereocenters. The van der Waals surface area contributed by atoms with Crippen LogP contribution in [-0.4, -0.2) is 24.8 Å². The first-order valence-corrected chi connectivity index (χ1v) is 6.86. The van der Waals surface area contributed by atoms with Crippen LogP contribution in [-0.2, 0) is 0 Å². The van der Waals surface area contributed by atoms with Gasteiger partial charge in [0.2, 0.25) is 4.96 Å². The maximum atomic E-state index is 4.66. The number of aromatic nitrogens is 5. The molecule has 0 N–H and O–H groups in total. The van der Waals surface area contributed by atoms with Crippen molar-refractivity contribution in [2.75, 3.05) is 0 Å². The van der Waals surface area contributed by atoms with E-state index in [9.17, 15) is 0 Å². The van der Waals surface area contributed by atoms with E-state index in [1.54, 1.807) is 23.7 Å². The van der Waals surface area contributed by atoms with E-state index < -0.39 is 0 Å². The van der Waals surface area contributed by atoms with E-state index in [0.717, 1.165) is 16.3 Å². The van der Waals surface area contributed by atoms with Gasteiger partial charge >= 0.3 is 0 Å². The molecule has 3 aromatic heterocycles. The summed E-state index contributed by atoms with van der Waals surface area (Å²) in [6.45, 7) is 0. The third-order valence-corrected chi connectivity index (χ3v) is 4.46. The van der Waals surface area contributed by atoms with Crippen molar-refractivity contribution in [1.82, 2.24) is 24.8 Å². The smallest absolute Gasteiger partial charge is 0.234 e. The summed E-state index contributed by atoms with van der Waals surface area (Å²) < 4.78 is 1.85. The highest BCUT2D eigenvalue weighted by Crippen LogP contribution is 2.38. The second-order valence-corrected chi connectivity index (χ2v) is 5.51. The minimum Gasteiger partial charge on any atom is -0.265 e. The lowest BCUT2D eigenvalue weighted by Gasteiger charge is -2.21. The van der Waals surface area contributed by atoms with Gasteiger partial charge in [0.1, 0.15) is 5.01 Å². The van der Waals surface area contributed by atoms with Crippen molar-refractivity contribution in [2.45, 2.75) is 25.2 Å². The lowest BCUT2D eigenvalue weighted by Crippen LogP contribution is -2.08. The molecular formula is C12H11N5S. The molecule has 1 aliphatic rings. The average molecular weight is 257 g/mol. The van der Waals surface area contributed by atoms with Crippen LogP contribution in [0.25, 0.3) is 16.3 Å². The Labute approximate surface area is 108 Å². The van der Waals surface area contributed by atoms with E-state index in [1.165, 1.54) is 24.3 Å². The summed E-state index contributed by atoms with van der Waals surface area (Å²) in [5.41, 5.74) is 1.00. The zero-order valence-corrected chi connectivity index (χ0v) is 10.5. The first kappa shape index (κ1) is 10.1. The topological polar surface area (TPSA) is 56.0 Å². The fourth-order valence-corrected chi connectivity index (χ4v) is 3.14. The fraction of sp³-hybridized carbons (Fsp3) is 0.333. The van der Waals surface area contributed by atoms with Crippen LogP contribution in [0.2, 0.25) is 0 Å². The largest absolute Gasteiger partial charge is 0.265 e. The average Bonchev–Trinajstić information content (AvgIpc) is 2.87. The summed E-state index contributed by atoms with van der Waals surface area (Å²) in [6, 6.07) is 3.86. The molecule has 0 unspecified atom stereocenters. The molecule has 4 rings (SSSR count). The Hall–Kier alpha value is -1.82. The van der Waals surface area contributed by atoms with E-state index in [-0.39, 0.29) is 0 Å². The van der Waals surface area contributed by atoms with Crippen LogP contribution in [0.15, 0.2) is 24.5 Å². The van der Waals surface area contributed by atoms with Crippen molar-refractivity contribution >= 4 is 16.3 Å². The molecule has 5 nitrogen and oxygen atoms in total. The van der Waals surface area contributed by atoms with Gasteiger partial charge in [-0.2, -0.15) is 9.61 Å². The normalized spacial score (nSPS) is 16.0. The minimum absolute atomic E-state index is 0.641. The van der Waals surface area contributed by atoms with Gasteiger partial charge in [-0.05, 0) is 25.0 Å². The quantitative estimate of drug-likeness (QED) is 0.708. The van der Waals surface area contributed by atoms with Gasteiger partial charge in [-0.1, -0.05) is 17.8 Å². The SMILES string of the molecule is c1cc(-c2nnc3sc(C4CCC4)nn23)ccn1. The van der Waals surface area contributed by atoms with E-state index >= 15 is 0 Å². The molecule has 3 heterocycles. The number of hydrogen-bond donors (Lipinski definition) is 0. The van der Waals surface area contributed by atoms with E-state index in [0.29, 0.717) is 5.92 Å². The molecular weight excluding hydrogens is 246 g/mol. The lowest BCUT2D eigenvalue weighted by atomic mass is 9.86. The number of hydrogen-bond acceptors (Lipinski definition) is 5. The molecule has 3 aromatic rings. The molecule has 90 valence electrons. The highest BCUT2D eigenvalue weighted by Gasteiger charge is 2.24. The number of nitrogens with zero attached hydrogens (tertiary/aromatic N) is 5. The van der Waals surface area contributed by atoms with Gasteiger partial charge in [-0.3, -0.25) is 4.98 Å². The molecule has 0 spiro atoms. The Balaban J connectivity index is 1.83. The molecule has 0 aromatic carbocycles. The summed E-state index contributed by atoms with van der Waals surface area (Å²) in [4.78, 5) is 4.89. The van der Waals surface area contributed by atoms with Crippen molar-refractivity contribution in [3.8, 4) is 11.4 Å². The second-order valence-electron chi connectivity index (χ2n) is 4.52. The van der Waals surface area contributed by atoms with Crippen LogP contribution in [0.3, 0.4) is 0 Å². The van der Waals surface area contributed by atoms with Crippen molar-refractivity contribution in [1.29, 1.82) is 0 Å². The van der Waals surface area contributed by atoms with Gasteiger partial charge in [-0.25, -0.2) is 0 Å². The van der Waals surface area contributed by atoms with Crippen LogP contribution in [0.4, 0.5) is 0 Å². The molecule has 1 fully saturated rings. The maximum Gasteiger partial charge on any atom is 0.234 e. The van der Waals surface area contributed by atoms with Crippen LogP contribution in [0, 0.1) is 0 Å². The maximum absolute atomic E-state index is 4.66. The summed E-state index contributed by atoms with van der Waals surface area (Å²) in [7, 11) is 0. The molecule has 0 radical (unpaired) electrons. The van der Waals surface area contributed by atoms with E-state index in [4.69, 9.17) is 0 Å². The fourth-order valence-electron chi connectivity index (χ4n) is 2.13. The van der Waals surface area contributed by atoms with Crippen LogP contribution in [0.5, 0.6) is 0 Å². The number of rotatable bonds is 2. The lowest BCUT2D eigenvalue weighted by molar-refractivity contribution is 0.415. The monoisotopic (exact) mass is 257 g/mol. The van der Waals surface area contributed by atoms with Crippen molar-refractivity contribution in [3.05, 3.63) is 29.5 Å². The minimum atomic E-state index is 0.641. The van der Waals surface area contributed by atoms with Crippen molar-refractivity contribution in [3.63, 3.8) is 0 Å². The van der Waals surface area contributed by atoms with Gasteiger partial charge in [-0.15, -0.1) is 10.2 Å². The third-order valence-electron chi connectivity index (χ3n) is 3.40. The van der Waals surface area contributed by atoms with E-state index in [1.807, 2.05) is 16.6 Å². The molecule has 18 heavy (non-hydrogen) atoms. The van der Waals surface area contributed by atoms with Gasteiger partial charge in [0.15, 0.2) is 5.82 Å². The molecule has 0 amide bonds. The summed E-state index contributed by atoms with van der Waals surface area (Å²) in [5.74, 6) is 1.44. The Morgan fingerprint density at radius 3 is 2.72 bits per heavy atom. The highest BCUT2D eigenvalue weighted by atomic mass is 32.1. The first-order chi connectivity index (χ1) is 8.92. The third kappa shape index (κ3) is 1.45. The summed E-state index contributed by atoms with van der Waals surface area (Å²) >= 11 is 1.66. The van der Waals surface area contributed by atoms with Crippen LogP contribution in [0.1, 0.15) is 30.2 Å². The van der Waals surface area contributed by atoms with Gasteiger partial charge in [0.05, 0.1) is 0 Å². The van der Waals surface area contributed by atoms with Crippen LogP contribution < -0.4 is 0 Å². The van der Waals surface area contributed by atoms with Gasteiger partial charge in [0.25, 0.3) is 0 Å². The molecule has 0 saturated heterocycles. The van der Waals surface area contributed by atoms with Crippen LogP contribution >= 0.6 is 11.3 Å². The Morgan fingerprint density at radius 1 is 1.17 bits per heavy atom. The Kier molecular flexibility index (Phi) is 2.16. The Bertz CT molecular complexity index is 683. The van der Waals surface area contributed by atoms with Gasteiger partial charge < -0.3 is 0 Å². The molecule has 1 aliphatic carbocycles. The standard InChI is InChI=1S/C12H11N5S/c1-2-9(3-1)11-16-17-10(14-15-12(17)18-11)8-4-6-13-7-5-8/h4-7,9H,1-3H2. The second kappa shape index (κ2) is 3.84. The predicted molar refractivity (Wildman–Crippen MR) is 68.5 cm³/mol. The Morgan fingerprint density at radius 2 is 2.00 bits per heavy atom. The molecule has 0 aliphatic heterocycles. The van der Waals surface area contributed by atoms with Gasteiger partial charge in [0, 0.05) is 23.9 Å².